The zero-order valence-corrected chi connectivity index (χ0v) is 11.9. The highest BCUT2D eigenvalue weighted by atomic mass is 79.9. The van der Waals surface area contributed by atoms with Gasteiger partial charge in [0.25, 0.3) is 0 Å². The van der Waals surface area contributed by atoms with Gasteiger partial charge in [-0.25, -0.2) is 4.79 Å². The number of pyridine rings is 1. The highest BCUT2D eigenvalue weighted by molar-refractivity contribution is 9.10. The maximum Gasteiger partial charge on any atom is 0.339 e. The van der Waals surface area contributed by atoms with Crippen molar-refractivity contribution in [3.63, 3.8) is 0 Å². The summed E-state index contributed by atoms with van der Waals surface area (Å²) >= 11 is 9.26. The molecule has 19 heavy (non-hydrogen) atoms. The van der Waals surface area contributed by atoms with E-state index < -0.39 is 5.97 Å². The fourth-order valence-electron chi connectivity index (χ4n) is 1.60. The van der Waals surface area contributed by atoms with Crippen LogP contribution >= 0.6 is 27.5 Å². The molecule has 96 valence electrons. The minimum atomic E-state index is -0.622. The summed E-state index contributed by atoms with van der Waals surface area (Å²) in [5.41, 5.74) is 9.40. The number of halogens is 2. The zero-order valence-electron chi connectivity index (χ0n) is 9.59. The van der Waals surface area contributed by atoms with Gasteiger partial charge in [0, 0.05) is 16.5 Å². The Labute approximate surface area is 121 Å². The molecule has 0 spiro atoms. The van der Waals surface area contributed by atoms with E-state index in [1.807, 2.05) is 0 Å². The molecule has 0 aliphatic heterocycles. The van der Waals surface area contributed by atoms with Crippen LogP contribution < -0.4 is 0 Å². The van der Waals surface area contributed by atoms with Gasteiger partial charge in [0.05, 0.1) is 33.4 Å². The molecule has 0 aliphatic carbocycles. The number of carbonyl (C=O) groups is 1. The third-order valence-corrected chi connectivity index (χ3v) is 3.80. The van der Waals surface area contributed by atoms with Crippen LogP contribution in [0.25, 0.3) is 21.3 Å². The Bertz CT molecular complexity index is 728. The summed E-state index contributed by atoms with van der Waals surface area (Å²) in [5, 5.41) is 4.53. The average molecular weight is 342 g/mol. The van der Waals surface area contributed by atoms with Crippen molar-refractivity contribution in [1.82, 2.24) is 4.98 Å². The van der Waals surface area contributed by atoms with Crippen molar-refractivity contribution in [1.29, 1.82) is 0 Å². The van der Waals surface area contributed by atoms with Gasteiger partial charge in [-0.3, -0.25) is 4.98 Å². The molecule has 0 saturated carbocycles. The van der Waals surface area contributed by atoms with E-state index in [4.69, 9.17) is 17.1 Å². The van der Waals surface area contributed by atoms with Gasteiger partial charge in [0.15, 0.2) is 0 Å². The van der Waals surface area contributed by atoms with Crippen LogP contribution in [0.4, 0.5) is 5.69 Å². The molecule has 0 atom stereocenters. The second kappa shape index (κ2) is 5.44. The van der Waals surface area contributed by atoms with Gasteiger partial charge in [0.2, 0.25) is 0 Å². The Balaban J connectivity index is 2.89. The lowest BCUT2D eigenvalue weighted by atomic mass is 10.1. The lowest BCUT2D eigenvalue weighted by Crippen LogP contribution is -2.02. The lowest BCUT2D eigenvalue weighted by Gasteiger charge is -2.08. The largest absolute Gasteiger partial charge is 0.465 e. The average Bonchev–Trinajstić information content (AvgIpc) is 2.42. The second-order valence-corrected chi connectivity index (χ2v) is 4.66. The number of rotatable bonds is 2. The summed E-state index contributed by atoms with van der Waals surface area (Å²) in [4.78, 5) is 18.5. The Morgan fingerprint density at radius 1 is 1.58 bits per heavy atom. The van der Waals surface area contributed by atoms with E-state index in [2.05, 4.69) is 35.7 Å². The molecule has 0 fully saturated rings. The molecular weight excluding hydrogens is 336 g/mol. The number of benzene rings is 1. The van der Waals surface area contributed by atoms with Crippen LogP contribution in [0, 0.1) is 0 Å². The molecule has 0 unspecified atom stereocenters. The molecule has 1 heterocycles. The number of aromatic nitrogens is 1. The molecule has 0 radical (unpaired) electrons. The summed E-state index contributed by atoms with van der Waals surface area (Å²) in [7, 11) is 1.24. The van der Waals surface area contributed by atoms with E-state index in [1.54, 1.807) is 12.1 Å². The van der Waals surface area contributed by atoms with Gasteiger partial charge in [-0.05, 0) is 27.5 Å². The van der Waals surface area contributed by atoms with E-state index in [1.165, 1.54) is 13.3 Å². The Morgan fingerprint density at radius 3 is 2.95 bits per heavy atom. The number of nitrogens with zero attached hydrogens (tertiary/aromatic N) is 4. The van der Waals surface area contributed by atoms with Crippen molar-refractivity contribution >= 4 is 50.1 Å². The van der Waals surface area contributed by atoms with Crippen molar-refractivity contribution in [3.05, 3.63) is 43.8 Å². The smallest absolute Gasteiger partial charge is 0.339 e. The Morgan fingerprint density at radius 2 is 2.32 bits per heavy atom. The fourth-order valence-corrected chi connectivity index (χ4v) is 2.20. The molecule has 2 rings (SSSR count). The van der Waals surface area contributed by atoms with E-state index in [-0.39, 0.29) is 11.3 Å². The van der Waals surface area contributed by atoms with Crippen molar-refractivity contribution in [3.8, 4) is 0 Å². The first-order valence-corrected chi connectivity index (χ1v) is 6.17. The number of carbonyl (C=O) groups excluding carboxylic acids is 1. The highest BCUT2D eigenvalue weighted by Gasteiger charge is 2.16. The van der Waals surface area contributed by atoms with Gasteiger partial charge in [-0.15, -0.1) is 0 Å². The van der Waals surface area contributed by atoms with E-state index in [9.17, 15) is 4.79 Å². The first kappa shape index (κ1) is 13.6. The van der Waals surface area contributed by atoms with Crippen LogP contribution in [0.3, 0.4) is 0 Å². The minimum Gasteiger partial charge on any atom is -0.465 e. The minimum absolute atomic E-state index is 0.0991. The topological polar surface area (TPSA) is 88.0 Å². The monoisotopic (exact) mass is 340 g/mol. The zero-order chi connectivity index (χ0) is 14.0. The maximum absolute atomic E-state index is 11.6. The standard InChI is InChI=1S/C11H6BrClN4O2/c1-19-11(18)6-4-15-10-5(9(6)16-17-14)2-3-7(13)8(10)12/h2-4H,1H3. The first-order valence-electron chi connectivity index (χ1n) is 5.00. The summed E-state index contributed by atoms with van der Waals surface area (Å²) in [6.07, 6.45) is 1.29. The van der Waals surface area contributed by atoms with Crippen LogP contribution in [0.5, 0.6) is 0 Å². The molecule has 8 heteroatoms. The fraction of sp³-hybridized carbons (Fsp3) is 0.0909. The summed E-state index contributed by atoms with van der Waals surface area (Å²) < 4.78 is 5.19. The molecular formula is C11H6BrClN4O2. The Kier molecular flexibility index (Phi) is 3.90. The van der Waals surface area contributed by atoms with Gasteiger partial charge in [-0.2, -0.15) is 0 Å². The molecule has 0 saturated heterocycles. The molecule has 1 aromatic heterocycles. The van der Waals surface area contributed by atoms with Crippen molar-refractivity contribution in [2.45, 2.75) is 0 Å². The first-order chi connectivity index (χ1) is 9.10. The molecule has 6 nitrogen and oxygen atoms in total. The third kappa shape index (κ3) is 2.35. The molecule has 0 aliphatic rings. The second-order valence-electron chi connectivity index (χ2n) is 3.46. The molecule has 0 amide bonds. The highest BCUT2D eigenvalue weighted by Crippen LogP contribution is 2.36. The number of hydrogen-bond acceptors (Lipinski definition) is 4. The van der Waals surface area contributed by atoms with Crippen molar-refractivity contribution in [2.24, 2.45) is 5.11 Å². The van der Waals surface area contributed by atoms with E-state index in [0.717, 1.165) is 0 Å². The number of azide groups is 1. The van der Waals surface area contributed by atoms with Crippen molar-refractivity contribution < 1.29 is 9.53 Å². The number of esters is 1. The summed E-state index contributed by atoms with van der Waals surface area (Å²) in [6.45, 7) is 0. The van der Waals surface area contributed by atoms with Gasteiger partial charge in [-0.1, -0.05) is 22.8 Å². The number of hydrogen-bond donors (Lipinski definition) is 0. The Hall–Kier alpha value is -1.82. The quantitative estimate of drug-likeness (QED) is 0.351. The van der Waals surface area contributed by atoms with Crippen LogP contribution in [0.1, 0.15) is 10.4 Å². The van der Waals surface area contributed by atoms with Gasteiger partial charge in [0.1, 0.15) is 0 Å². The van der Waals surface area contributed by atoms with E-state index >= 15 is 0 Å². The molecule has 1 aromatic carbocycles. The van der Waals surface area contributed by atoms with E-state index in [0.29, 0.717) is 20.4 Å². The van der Waals surface area contributed by atoms with Crippen LogP contribution in [-0.4, -0.2) is 18.1 Å². The van der Waals surface area contributed by atoms with Crippen molar-refractivity contribution in [2.75, 3.05) is 7.11 Å². The predicted molar refractivity (Wildman–Crippen MR) is 74.6 cm³/mol. The van der Waals surface area contributed by atoms with Gasteiger partial charge < -0.3 is 4.74 Å². The number of methoxy groups -OCH3 is 1. The molecule has 0 bridgehead atoms. The molecule has 0 N–H and O–H groups in total. The van der Waals surface area contributed by atoms with Crippen LogP contribution in [-0.2, 0) is 4.74 Å². The third-order valence-electron chi connectivity index (χ3n) is 2.45. The predicted octanol–water partition coefficient (Wildman–Crippen LogP) is 4.38. The number of fused-ring (bicyclic) bond motifs is 1. The lowest BCUT2D eigenvalue weighted by molar-refractivity contribution is 0.0601. The van der Waals surface area contributed by atoms with Gasteiger partial charge >= 0.3 is 5.97 Å². The number of ether oxygens (including phenoxy) is 1. The molecule has 2 aromatic rings. The summed E-state index contributed by atoms with van der Waals surface area (Å²) in [5.74, 6) is -0.622. The van der Waals surface area contributed by atoms with Crippen LogP contribution in [0.15, 0.2) is 27.9 Å². The van der Waals surface area contributed by atoms with Crippen LogP contribution in [0.2, 0.25) is 5.02 Å². The maximum atomic E-state index is 11.6. The normalized spacial score (nSPS) is 10.1. The summed E-state index contributed by atoms with van der Waals surface area (Å²) in [6, 6.07) is 3.25. The SMILES string of the molecule is COC(=O)c1cnc2c(Br)c(Cl)ccc2c1N=[N+]=[N-].